The van der Waals surface area contributed by atoms with Crippen LogP contribution in [-0.4, -0.2) is 59.1 Å². The summed E-state index contributed by atoms with van der Waals surface area (Å²) in [6, 6.07) is -0.785. The first-order chi connectivity index (χ1) is 12.1. The van der Waals surface area contributed by atoms with E-state index in [4.69, 9.17) is 10.8 Å². The molecule has 1 atom stereocenters. The van der Waals surface area contributed by atoms with Crippen molar-refractivity contribution in [2.75, 3.05) is 6.54 Å². The zero-order chi connectivity index (χ0) is 18.8. The van der Waals surface area contributed by atoms with Gasteiger partial charge in [-0.1, -0.05) is 71.1 Å². The van der Waals surface area contributed by atoms with Crippen LogP contribution in [0.5, 0.6) is 0 Å². The van der Waals surface area contributed by atoms with Gasteiger partial charge in [-0.15, -0.1) is 0 Å². The van der Waals surface area contributed by atoms with Crippen LogP contribution in [0.25, 0.3) is 0 Å². The molecule has 26 heavy (non-hydrogen) atoms. The molecule has 150 valence electrons. The number of nitrogens with one attached hydrogen (secondary N) is 1. The summed E-state index contributed by atoms with van der Waals surface area (Å²) in [5.74, 6) is -0.848. The molecule has 0 heterocycles. The molecule has 5 nitrogen and oxygen atoms in total. The second-order valence-electron chi connectivity index (χ2n) is 7.08. The Morgan fingerprint density at radius 3 is 1.85 bits per heavy atom. The fourth-order valence-electron chi connectivity index (χ4n) is 2.88. The molecule has 0 aromatic heterocycles. The summed E-state index contributed by atoms with van der Waals surface area (Å²) in [6.07, 6.45) is 16.7. The van der Waals surface area contributed by atoms with Gasteiger partial charge < -0.3 is 16.2 Å². The Labute approximate surface area is 182 Å². The van der Waals surface area contributed by atoms with Crippen LogP contribution >= 0.6 is 0 Å². The number of aliphatic carboxylic acids is 1. The van der Waals surface area contributed by atoms with Crippen LogP contribution in [0.2, 0.25) is 0 Å². The summed E-state index contributed by atoms with van der Waals surface area (Å²) in [7, 11) is 0. The number of unbranched alkanes of at least 4 members (excludes halogenated alkanes) is 11. The Morgan fingerprint density at radius 2 is 1.35 bits per heavy atom. The topological polar surface area (TPSA) is 92.4 Å². The monoisotopic (exact) mass is 380 g/mol. The van der Waals surface area contributed by atoms with Crippen molar-refractivity contribution in [1.29, 1.82) is 0 Å². The van der Waals surface area contributed by atoms with Gasteiger partial charge in [0.25, 0.3) is 0 Å². The van der Waals surface area contributed by atoms with Gasteiger partial charge in [-0.2, -0.15) is 0 Å². The van der Waals surface area contributed by atoms with Crippen molar-refractivity contribution < 1.29 is 14.7 Å². The van der Waals surface area contributed by atoms with E-state index in [1.807, 2.05) is 0 Å². The van der Waals surface area contributed by atoms with Gasteiger partial charge in [0.05, 0.1) is 0 Å². The van der Waals surface area contributed by atoms with Crippen LogP contribution < -0.4 is 11.1 Å². The molecule has 0 saturated carbocycles. The van der Waals surface area contributed by atoms with Gasteiger partial charge in [0, 0.05) is 13.0 Å². The maximum absolute atomic E-state index is 11.7. The minimum absolute atomic E-state index is 0. The Kier molecular flexibility index (Phi) is 22.9. The van der Waals surface area contributed by atoms with E-state index in [0.29, 0.717) is 19.4 Å². The summed E-state index contributed by atoms with van der Waals surface area (Å²) in [5, 5.41) is 11.6. The molecule has 0 aromatic carbocycles. The molecule has 0 unspecified atom stereocenters. The van der Waals surface area contributed by atoms with Crippen molar-refractivity contribution >= 4 is 41.4 Å². The molecule has 0 aromatic rings. The first-order valence-electron chi connectivity index (χ1n) is 10.3. The van der Waals surface area contributed by atoms with Gasteiger partial charge >= 0.3 is 35.5 Å². The van der Waals surface area contributed by atoms with Gasteiger partial charge in [0.1, 0.15) is 6.04 Å². The van der Waals surface area contributed by atoms with Crippen molar-refractivity contribution in [1.82, 2.24) is 5.32 Å². The molecule has 0 fully saturated rings. The third kappa shape index (κ3) is 20.2. The summed E-state index contributed by atoms with van der Waals surface area (Å²) >= 11 is 0. The summed E-state index contributed by atoms with van der Waals surface area (Å²) in [4.78, 5) is 22.2. The van der Waals surface area contributed by atoms with Crippen LogP contribution in [0, 0.1) is 0 Å². The second kappa shape index (κ2) is 21.2. The van der Waals surface area contributed by atoms with Crippen molar-refractivity contribution in [2.45, 2.75) is 109 Å². The van der Waals surface area contributed by atoms with Gasteiger partial charge in [-0.05, 0) is 25.7 Å². The second-order valence-corrected chi connectivity index (χ2v) is 7.08. The maximum atomic E-state index is 11.7. The van der Waals surface area contributed by atoms with E-state index >= 15 is 0 Å². The Bertz CT molecular complexity index is 341. The van der Waals surface area contributed by atoms with Crippen LogP contribution in [0.15, 0.2) is 0 Å². The standard InChI is InChI=1S/C20H40N2O3.Na.H/c1-2-3-4-5-6-7-8-9-10-11-12-16-19(23)22-17-14-13-15-18(21)20(24)25;;/h18H,2-17,21H2,1H3,(H,22,23)(H,24,25);;/t18-;;/m0../s1. The van der Waals surface area contributed by atoms with Crippen LogP contribution in [0.1, 0.15) is 103 Å². The van der Waals surface area contributed by atoms with E-state index in [-0.39, 0.29) is 35.5 Å². The van der Waals surface area contributed by atoms with E-state index in [2.05, 4.69) is 12.2 Å². The number of amides is 1. The number of carbonyl (C=O) groups excluding carboxylic acids is 1. The minimum atomic E-state index is -0.958. The van der Waals surface area contributed by atoms with E-state index in [1.165, 1.54) is 57.8 Å². The van der Waals surface area contributed by atoms with Crippen molar-refractivity contribution in [2.24, 2.45) is 5.73 Å². The number of carboxylic acids is 1. The third-order valence-corrected chi connectivity index (χ3v) is 4.59. The van der Waals surface area contributed by atoms with Gasteiger partial charge in [0.15, 0.2) is 0 Å². The quantitative estimate of drug-likeness (QED) is 0.249. The van der Waals surface area contributed by atoms with Crippen molar-refractivity contribution in [3.05, 3.63) is 0 Å². The molecule has 0 saturated heterocycles. The fraction of sp³-hybridized carbons (Fsp3) is 0.900. The van der Waals surface area contributed by atoms with E-state index in [9.17, 15) is 9.59 Å². The molecule has 0 aliphatic carbocycles. The van der Waals surface area contributed by atoms with Crippen molar-refractivity contribution in [3.8, 4) is 0 Å². The number of carbonyl (C=O) groups is 2. The Balaban J connectivity index is 0. The zero-order valence-corrected chi connectivity index (χ0v) is 16.2. The molecular weight excluding hydrogens is 339 g/mol. The Hall–Kier alpha value is -0.100. The first kappa shape index (κ1) is 28.1. The van der Waals surface area contributed by atoms with Gasteiger partial charge in [-0.25, -0.2) is 0 Å². The SMILES string of the molecule is CCCCCCCCCCCCCC(=O)NCCCC[C@H](N)C(=O)O.[NaH]. The molecule has 0 bridgehead atoms. The first-order valence-corrected chi connectivity index (χ1v) is 10.3. The third-order valence-electron chi connectivity index (χ3n) is 4.59. The average Bonchev–Trinajstić information content (AvgIpc) is 2.59. The molecule has 0 radical (unpaired) electrons. The predicted octanol–water partition coefficient (Wildman–Crippen LogP) is 3.74. The predicted molar refractivity (Wildman–Crippen MR) is 111 cm³/mol. The molecule has 4 N–H and O–H groups in total. The van der Waals surface area contributed by atoms with E-state index < -0.39 is 12.0 Å². The molecule has 0 aliphatic heterocycles. The zero-order valence-electron chi connectivity index (χ0n) is 16.2. The van der Waals surface area contributed by atoms with Gasteiger partial charge in [-0.3, -0.25) is 9.59 Å². The summed E-state index contributed by atoms with van der Waals surface area (Å²) < 4.78 is 0. The summed E-state index contributed by atoms with van der Waals surface area (Å²) in [6.45, 7) is 2.86. The number of hydrogen-bond donors (Lipinski definition) is 3. The fourth-order valence-corrected chi connectivity index (χ4v) is 2.88. The number of rotatable bonds is 18. The normalized spacial score (nSPS) is 11.6. The van der Waals surface area contributed by atoms with E-state index in [1.54, 1.807) is 0 Å². The van der Waals surface area contributed by atoms with Gasteiger partial charge in [0.2, 0.25) is 5.91 Å². The van der Waals surface area contributed by atoms with Crippen LogP contribution in [0.3, 0.4) is 0 Å². The average molecular weight is 381 g/mol. The number of carboxylic acid groups (broad SMARTS) is 1. The molecule has 0 rings (SSSR count). The van der Waals surface area contributed by atoms with Crippen LogP contribution in [0.4, 0.5) is 0 Å². The molecule has 0 spiro atoms. The molecule has 6 heteroatoms. The summed E-state index contributed by atoms with van der Waals surface area (Å²) in [5.41, 5.74) is 5.42. The molecule has 0 aliphatic rings. The molecular formula is C20H41N2NaO3. The number of hydrogen-bond acceptors (Lipinski definition) is 3. The van der Waals surface area contributed by atoms with E-state index in [0.717, 1.165) is 25.7 Å². The van der Waals surface area contributed by atoms with Crippen LogP contribution in [-0.2, 0) is 9.59 Å². The molecule has 1 amide bonds. The Morgan fingerprint density at radius 1 is 0.846 bits per heavy atom. The number of nitrogens with two attached hydrogens (primary N) is 1. The van der Waals surface area contributed by atoms with Crippen molar-refractivity contribution in [3.63, 3.8) is 0 Å².